The summed E-state index contributed by atoms with van der Waals surface area (Å²) in [6.45, 7) is 6.78. The van der Waals surface area contributed by atoms with Crippen LogP contribution in [0.2, 0.25) is 0 Å². The van der Waals surface area contributed by atoms with E-state index in [1.54, 1.807) is 4.68 Å². The second kappa shape index (κ2) is 6.99. The van der Waals surface area contributed by atoms with Crippen molar-refractivity contribution < 1.29 is 4.79 Å². The van der Waals surface area contributed by atoms with Gasteiger partial charge in [-0.1, -0.05) is 6.92 Å². The summed E-state index contributed by atoms with van der Waals surface area (Å²) in [6, 6.07) is 4.14. The molecule has 0 saturated heterocycles. The Bertz CT molecular complexity index is 875. The molecule has 6 rings (SSSR count). The number of nitrogens with zero attached hydrogens (tertiary/aromatic N) is 4. The van der Waals surface area contributed by atoms with E-state index in [-0.39, 0.29) is 11.9 Å². The second-order valence-corrected chi connectivity index (χ2v) is 10.0. The number of nitrogens with one attached hydrogen (secondary N) is 1. The third-order valence-electron chi connectivity index (χ3n) is 7.79. The van der Waals surface area contributed by atoms with Crippen LogP contribution in [0.1, 0.15) is 73.7 Å². The lowest BCUT2D eigenvalue weighted by Gasteiger charge is -2.59. The van der Waals surface area contributed by atoms with Gasteiger partial charge in [-0.15, -0.1) is 0 Å². The third kappa shape index (κ3) is 3.40. The Balaban J connectivity index is 1.28. The van der Waals surface area contributed by atoms with Crippen LogP contribution in [0, 0.1) is 37.0 Å². The Morgan fingerprint density at radius 3 is 2.38 bits per heavy atom. The highest BCUT2D eigenvalue weighted by molar-refractivity contribution is 5.92. The van der Waals surface area contributed by atoms with Crippen LogP contribution in [0.5, 0.6) is 0 Å². The number of hydrogen-bond donors (Lipinski definition) is 1. The van der Waals surface area contributed by atoms with Crippen molar-refractivity contribution in [3.05, 3.63) is 35.4 Å². The van der Waals surface area contributed by atoms with E-state index in [0.717, 1.165) is 35.6 Å². The fraction of sp³-hybridized carbons (Fsp3) is 0.696. The maximum Gasteiger partial charge on any atom is 0.272 e. The van der Waals surface area contributed by atoms with Crippen molar-refractivity contribution in [1.82, 2.24) is 24.9 Å². The zero-order chi connectivity index (χ0) is 20.2. The molecule has 1 amide bonds. The molecule has 4 aliphatic carbocycles. The number of hydrogen-bond acceptors (Lipinski definition) is 3. The lowest BCUT2D eigenvalue weighted by molar-refractivity contribution is -0.0727. The number of rotatable bonds is 6. The van der Waals surface area contributed by atoms with Gasteiger partial charge >= 0.3 is 0 Å². The summed E-state index contributed by atoms with van der Waals surface area (Å²) in [5.41, 5.74) is 2.92. The predicted molar refractivity (Wildman–Crippen MR) is 111 cm³/mol. The molecule has 0 spiro atoms. The molecular formula is C23H33N5O. The van der Waals surface area contributed by atoms with E-state index in [1.807, 2.05) is 30.8 Å². The van der Waals surface area contributed by atoms with E-state index in [4.69, 9.17) is 0 Å². The molecule has 0 radical (unpaired) electrons. The van der Waals surface area contributed by atoms with Gasteiger partial charge in [-0.25, -0.2) is 4.68 Å². The fourth-order valence-corrected chi connectivity index (χ4v) is 7.04. The summed E-state index contributed by atoms with van der Waals surface area (Å²) in [5, 5.41) is 12.4. The first-order valence-electron chi connectivity index (χ1n) is 11.3. The lowest BCUT2D eigenvalue weighted by Crippen LogP contribution is -2.56. The predicted octanol–water partition coefficient (Wildman–Crippen LogP) is 3.93. The van der Waals surface area contributed by atoms with Gasteiger partial charge in [-0.3, -0.25) is 9.48 Å². The van der Waals surface area contributed by atoms with Crippen molar-refractivity contribution in [3.63, 3.8) is 0 Å². The van der Waals surface area contributed by atoms with Crippen LogP contribution >= 0.6 is 0 Å². The van der Waals surface area contributed by atoms with Gasteiger partial charge in [0.25, 0.3) is 5.91 Å². The molecule has 1 atom stereocenters. The highest BCUT2D eigenvalue weighted by Crippen LogP contribution is 2.61. The molecule has 4 aliphatic rings. The SMILES string of the molecule is CCC(NC(=O)c1ccn(Cn2nc(C)cc2C)n1)C12CC3CC(CC(C3)C1)C2. The van der Waals surface area contributed by atoms with Crippen molar-refractivity contribution in [2.75, 3.05) is 0 Å². The quantitative estimate of drug-likeness (QED) is 0.806. The number of carbonyl (C=O) groups is 1. The second-order valence-electron chi connectivity index (χ2n) is 10.0. The minimum atomic E-state index is -0.0280. The van der Waals surface area contributed by atoms with E-state index in [0.29, 0.717) is 17.8 Å². The Morgan fingerprint density at radius 1 is 1.17 bits per heavy atom. The van der Waals surface area contributed by atoms with Crippen molar-refractivity contribution in [2.24, 2.45) is 23.2 Å². The Kier molecular flexibility index (Phi) is 4.56. The fourth-order valence-electron chi connectivity index (χ4n) is 7.04. The molecule has 6 heteroatoms. The summed E-state index contributed by atoms with van der Waals surface area (Å²) >= 11 is 0. The number of amides is 1. The van der Waals surface area contributed by atoms with Crippen LogP contribution in [-0.4, -0.2) is 31.5 Å². The highest BCUT2D eigenvalue weighted by Gasteiger charge is 2.54. The maximum atomic E-state index is 13.0. The standard InChI is InChI=1S/C23H33N5O/c1-4-21(23-11-17-8-18(12-23)10-19(9-17)13-23)24-22(29)20-5-6-27(26-20)14-28-16(3)7-15(2)25-28/h5-7,17-19,21H,4,8-14H2,1-3H3,(H,24,29). The maximum absolute atomic E-state index is 13.0. The van der Waals surface area contributed by atoms with Gasteiger partial charge in [0, 0.05) is 17.9 Å². The van der Waals surface area contributed by atoms with Gasteiger partial charge in [0.15, 0.2) is 0 Å². The van der Waals surface area contributed by atoms with Crippen molar-refractivity contribution in [3.8, 4) is 0 Å². The molecule has 1 unspecified atom stereocenters. The molecule has 2 aromatic heterocycles. The van der Waals surface area contributed by atoms with Crippen LogP contribution in [0.25, 0.3) is 0 Å². The average molecular weight is 396 g/mol. The first kappa shape index (κ1) is 18.9. The normalized spacial score (nSPS) is 31.2. The van der Waals surface area contributed by atoms with Crippen molar-refractivity contribution in [2.45, 2.75) is 78.4 Å². The smallest absolute Gasteiger partial charge is 0.272 e. The number of aryl methyl sites for hydroxylation is 2. The van der Waals surface area contributed by atoms with E-state index >= 15 is 0 Å². The third-order valence-corrected chi connectivity index (χ3v) is 7.79. The van der Waals surface area contributed by atoms with Gasteiger partial charge < -0.3 is 5.32 Å². The monoisotopic (exact) mass is 395 g/mol. The summed E-state index contributed by atoms with van der Waals surface area (Å²) in [4.78, 5) is 13.0. The molecular weight excluding hydrogens is 362 g/mol. The first-order chi connectivity index (χ1) is 13.9. The van der Waals surface area contributed by atoms with Crippen molar-refractivity contribution >= 4 is 5.91 Å². The van der Waals surface area contributed by atoms with Gasteiger partial charge in [0.2, 0.25) is 0 Å². The lowest BCUT2D eigenvalue weighted by atomic mass is 9.47. The Labute approximate surface area is 173 Å². The zero-order valence-electron chi connectivity index (χ0n) is 17.9. The molecule has 4 saturated carbocycles. The van der Waals surface area contributed by atoms with Crippen LogP contribution in [0.4, 0.5) is 0 Å². The molecule has 4 fully saturated rings. The van der Waals surface area contributed by atoms with E-state index in [1.165, 1.54) is 38.5 Å². The van der Waals surface area contributed by atoms with Gasteiger partial charge in [-0.2, -0.15) is 10.2 Å². The summed E-state index contributed by atoms with van der Waals surface area (Å²) in [6.07, 6.45) is 11.1. The van der Waals surface area contributed by atoms with E-state index < -0.39 is 0 Å². The molecule has 2 heterocycles. The topological polar surface area (TPSA) is 64.7 Å². The summed E-state index contributed by atoms with van der Waals surface area (Å²) in [5.74, 6) is 2.66. The van der Waals surface area contributed by atoms with Gasteiger partial charge in [-0.05, 0) is 94.1 Å². The first-order valence-corrected chi connectivity index (χ1v) is 11.3. The Morgan fingerprint density at radius 2 is 1.83 bits per heavy atom. The average Bonchev–Trinajstić information content (AvgIpc) is 3.24. The van der Waals surface area contributed by atoms with Crippen LogP contribution in [-0.2, 0) is 6.67 Å². The minimum Gasteiger partial charge on any atom is -0.347 e. The van der Waals surface area contributed by atoms with E-state index in [9.17, 15) is 4.79 Å². The zero-order valence-corrected chi connectivity index (χ0v) is 17.9. The molecule has 29 heavy (non-hydrogen) atoms. The molecule has 0 aliphatic heterocycles. The van der Waals surface area contributed by atoms with E-state index in [2.05, 4.69) is 28.5 Å². The van der Waals surface area contributed by atoms with Gasteiger partial charge in [0.05, 0.1) is 5.69 Å². The van der Waals surface area contributed by atoms with Crippen LogP contribution in [0.3, 0.4) is 0 Å². The highest BCUT2D eigenvalue weighted by atomic mass is 16.2. The Hall–Kier alpha value is -2.11. The summed E-state index contributed by atoms with van der Waals surface area (Å²) < 4.78 is 3.70. The molecule has 4 bridgehead atoms. The van der Waals surface area contributed by atoms with Gasteiger partial charge in [0.1, 0.15) is 12.4 Å². The molecule has 156 valence electrons. The number of carbonyl (C=O) groups excluding carboxylic acids is 1. The summed E-state index contributed by atoms with van der Waals surface area (Å²) in [7, 11) is 0. The molecule has 1 N–H and O–H groups in total. The number of aromatic nitrogens is 4. The van der Waals surface area contributed by atoms with Crippen LogP contribution < -0.4 is 5.32 Å². The minimum absolute atomic E-state index is 0.0280. The van der Waals surface area contributed by atoms with Crippen LogP contribution in [0.15, 0.2) is 18.3 Å². The molecule has 6 nitrogen and oxygen atoms in total. The van der Waals surface area contributed by atoms with Crippen molar-refractivity contribution in [1.29, 1.82) is 0 Å². The molecule has 2 aromatic rings. The largest absolute Gasteiger partial charge is 0.347 e. The molecule has 0 aromatic carbocycles.